The van der Waals surface area contributed by atoms with Gasteiger partial charge < -0.3 is 40.0 Å². The zero-order valence-corrected chi connectivity index (χ0v) is 84.4. The SMILES string of the molecule is C.CSC1C=CC=CN1CCCN1C=CC=CC1SC.CSC1C=CN(CCCN2C=CC(SC)C=C2)C=C1.CSC1NC(=O)N(CCCN2C(=O)NC(SC)C2=O)C1=O.CSC1c2ccccc2CC(=O)N1CCCN1C(=O)Cc2ccccc2C1SC.CSc1cc[n+](CCC[n+]2ccc(SC)cc2)cc1.CSc1cccc[n+]1CCC[n+]1ccccc1SC. The Morgan fingerprint density at radius 3 is 1.08 bits per heavy atom. The molecule has 14 rings (SSSR count). The molecule has 32 heteroatoms. The van der Waals surface area contributed by atoms with E-state index in [1.807, 2.05) is 81.1 Å². The van der Waals surface area contributed by atoms with Crippen LogP contribution in [-0.2, 0) is 58.2 Å². The molecule has 6 aromatic rings. The van der Waals surface area contributed by atoms with E-state index in [0.717, 1.165) is 99.0 Å². The number of nitrogens with zero attached hydrogens (tertiary/aromatic N) is 12. The van der Waals surface area contributed by atoms with Gasteiger partial charge in [0.2, 0.25) is 21.9 Å². The predicted octanol–water partition coefficient (Wildman–Crippen LogP) is 17.4. The van der Waals surface area contributed by atoms with Gasteiger partial charge in [0, 0.05) is 158 Å². The number of fused-ring (bicyclic) bond motifs is 2. The molecule has 0 spiro atoms. The summed E-state index contributed by atoms with van der Waals surface area (Å²) in [6.45, 7) is 10.3. The quantitative estimate of drug-likeness (QED) is 0.0216. The molecule has 684 valence electrons. The van der Waals surface area contributed by atoms with Gasteiger partial charge in [-0.3, -0.25) is 29.0 Å². The average molecular weight is 1950 g/mol. The largest absolute Gasteiger partial charge is 0.362 e. The second kappa shape index (κ2) is 58.2. The number of hydrogen-bond donors (Lipinski definition) is 2. The summed E-state index contributed by atoms with van der Waals surface area (Å²) in [5.41, 5.74) is 4.76. The van der Waals surface area contributed by atoms with Gasteiger partial charge in [0.05, 0.1) is 36.4 Å². The van der Waals surface area contributed by atoms with Gasteiger partial charge in [-0.1, -0.05) is 128 Å². The number of nitrogens with one attached hydrogen (secondary N) is 2. The van der Waals surface area contributed by atoms with Crippen LogP contribution in [0.4, 0.5) is 9.59 Å². The lowest BCUT2D eigenvalue weighted by Crippen LogP contribution is -2.43. The number of rotatable bonds is 36. The summed E-state index contributed by atoms with van der Waals surface area (Å²) >= 11 is 20.6. The van der Waals surface area contributed by atoms with E-state index in [0.29, 0.717) is 53.6 Å². The number of aryl methyl sites for hydroxylation is 4. The molecule has 6 atom stereocenters. The van der Waals surface area contributed by atoms with Crippen LogP contribution in [0.25, 0.3) is 0 Å². The first kappa shape index (κ1) is 106. The molecule has 2 N–H and O–H groups in total. The van der Waals surface area contributed by atoms with Gasteiger partial charge in [-0.15, -0.1) is 94.1 Å². The molecule has 2 aromatic carbocycles. The van der Waals surface area contributed by atoms with Crippen LogP contribution in [0.3, 0.4) is 0 Å². The third kappa shape index (κ3) is 32.9. The van der Waals surface area contributed by atoms with Crippen LogP contribution >= 0.6 is 141 Å². The maximum absolute atomic E-state index is 12.8. The van der Waals surface area contributed by atoms with E-state index >= 15 is 0 Å². The molecule has 4 aromatic heterocycles. The van der Waals surface area contributed by atoms with Crippen molar-refractivity contribution in [3.8, 4) is 0 Å². The number of imide groups is 2. The van der Waals surface area contributed by atoms with E-state index < -0.39 is 22.8 Å². The molecule has 0 aliphatic carbocycles. The highest BCUT2D eigenvalue weighted by Crippen LogP contribution is 2.40. The highest BCUT2D eigenvalue weighted by atomic mass is 32.2. The van der Waals surface area contributed by atoms with Crippen LogP contribution < -0.4 is 28.9 Å². The third-order valence-corrected chi connectivity index (χ3v) is 31.7. The fourth-order valence-electron chi connectivity index (χ4n) is 14.8. The first-order chi connectivity index (χ1) is 61.4. The third-order valence-electron chi connectivity index (χ3n) is 21.6. The number of aromatic nitrogens is 4. The van der Waals surface area contributed by atoms with E-state index in [-0.39, 0.29) is 54.9 Å². The number of thioether (sulfide) groups is 12. The van der Waals surface area contributed by atoms with Crippen LogP contribution in [0, 0.1) is 0 Å². The lowest BCUT2D eigenvalue weighted by Gasteiger charge is -2.39. The lowest BCUT2D eigenvalue weighted by molar-refractivity contribution is -0.761. The minimum absolute atomic E-state index is 0. The van der Waals surface area contributed by atoms with Gasteiger partial charge >= 0.3 is 12.1 Å². The Balaban J connectivity index is 0.000000190. The van der Waals surface area contributed by atoms with Crippen molar-refractivity contribution >= 4 is 177 Å². The molecule has 8 aliphatic heterocycles. The summed E-state index contributed by atoms with van der Waals surface area (Å²) in [6, 6.07) is 37.0. The van der Waals surface area contributed by atoms with Crippen LogP contribution in [0.5, 0.6) is 0 Å². The minimum Gasteiger partial charge on any atom is -0.362 e. The van der Waals surface area contributed by atoms with Gasteiger partial charge in [-0.25, -0.2) is 18.7 Å². The Labute approximate surface area is 808 Å². The molecular formula is C95H130N14O6S12+4. The minimum atomic E-state index is -0.546. The fourth-order valence-corrected chi connectivity index (χ4v) is 22.1. The molecule has 0 saturated carbocycles. The van der Waals surface area contributed by atoms with Gasteiger partial charge in [0.25, 0.3) is 11.8 Å². The van der Waals surface area contributed by atoms with Crippen molar-refractivity contribution in [3.05, 3.63) is 267 Å². The van der Waals surface area contributed by atoms with Crippen molar-refractivity contribution in [2.75, 3.05) is 127 Å². The molecule has 0 radical (unpaired) electrons. The molecule has 6 unspecified atom stereocenters. The highest BCUT2D eigenvalue weighted by molar-refractivity contribution is 8.01. The number of benzene rings is 2. The molecule has 2 saturated heterocycles. The van der Waals surface area contributed by atoms with E-state index in [9.17, 15) is 28.8 Å². The van der Waals surface area contributed by atoms with Crippen LogP contribution in [-0.4, -0.2) is 234 Å². The summed E-state index contributed by atoms with van der Waals surface area (Å²) < 4.78 is 9.15. The molecule has 12 heterocycles. The van der Waals surface area contributed by atoms with Crippen LogP contribution in [0.1, 0.15) is 79.0 Å². The van der Waals surface area contributed by atoms with Crippen molar-refractivity contribution in [2.45, 2.75) is 148 Å². The number of carbonyl (C=O) groups is 6. The Hall–Kier alpha value is -6.82. The lowest BCUT2D eigenvalue weighted by atomic mass is 9.98. The normalized spacial score (nSPS) is 19.0. The van der Waals surface area contributed by atoms with Crippen molar-refractivity contribution in [2.24, 2.45) is 0 Å². The van der Waals surface area contributed by atoms with Gasteiger partial charge in [-0.05, 0) is 147 Å². The Morgan fingerprint density at radius 2 is 0.717 bits per heavy atom. The Bertz CT molecular complexity index is 4370. The van der Waals surface area contributed by atoms with Crippen LogP contribution in [0.2, 0.25) is 0 Å². The van der Waals surface area contributed by atoms with Gasteiger partial charge in [-0.2, -0.15) is 32.7 Å². The maximum Gasteiger partial charge on any atom is 0.325 e. The number of carbonyl (C=O) groups excluding carboxylic acids is 6. The number of urea groups is 2. The predicted molar refractivity (Wildman–Crippen MR) is 549 cm³/mol. The molecule has 20 nitrogen and oxygen atoms in total. The van der Waals surface area contributed by atoms with Crippen LogP contribution in [0.15, 0.2) is 264 Å². The fraction of sp³-hybridized carbons (Fsp3) is 0.432. The highest BCUT2D eigenvalue weighted by Gasteiger charge is 2.40. The first-order valence-corrected chi connectivity index (χ1v) is 57.4. The molecule has 2 fully saturated rings. The van der Waals surface area contributed by atoms with Gasteiger partial charge in [0.1, 0.15) is 10.7 Å². The number of amides is 8. The molecule has 127 heavy (non-hydrogen) atoms. The summed E-state index contributed by atoms with van der Waals surface area (Å²) in [5.74, 6) is -0.210. The summed E-state index contributed by atoms with van der Waals surface area (Å²) in [4.78, 5) is 90.8. The van der Waals surface area contributed by atoms with E-state index in [1.54, 1.807) is 83.1 Å². The number of allylic oxidation sites excluding steroid dienone is 4. The van der Waals surface area contributed by atoms with Gasteiger partial charge in [0.15, 0.2) is 74.1 Å². The topological polar surface area (TPSA) is 168 Å². The second-order valence-corrected chi connectivity index (χ2v) is 40.7. The first-order valence-electron chi connectivity index (χ1n) is 42.2. The second-order valence-electron chi connectivity index (χ2n) is 29.6. The number of hydrogen-bond acceptors (Lipinski definition) is 22. The molecule has 0 bridgehead atoms. The molecule has 8 aliphatic rings. The molecule has 8 amide bonds. The van der Waals surface area contributed by atoms with Crippen molar-refractivity contribution in [1.82, 2.24) is 49.8 Å². The smallest absolute Gasteiger partial charge is 0.325 e. The zero-order chi connectivity index (χ0) is 90.0. The number of pyridine rings is 4. The average Bonchev–Trinajstić information content (AvgIpc) is 0.936. The summed E-state index contributed by atoms with van der Waals surface area (Å²) in [5, 5.41) is 8.87. The van der Waals surface area contributed by atoms with Crippen molar-refractivity contribution in [1.29, 1.82) is 0 Å². The van der Waals surface area contributed by atoms with Crippen molar-refractivity contribution < 1.29 is 47.0 Å². The van der Waals surface area contributed by atoms with E-state index in [2.05, 4.69) is 331 Å². The Morgan fingerprint density at radius 1 is 0.346 bits per heavy atom. The molecular weight excluding hydrogens is 1820 g/mol. The summed E-state index contributed by atoms with van der Waals surface area (Å²) in [6.07, 6.45) is 79.7. The van der Waals surface area contributed by atoms with E-state index in [4.69, 9.17) is 0 Å². The Kier molecular flexibility index (Phi) is 48.3. The standard InChI is InChI=1S/C23H26N2O2S2.C15H22N2S2.C15H20N2S2.C15H22N2S2.C15H20N2S2.C11H16N4O4S2.CH4/c1-28-22-18-10-5-3-8-16(18)14-20(26)24(22)12-7-13-25-21(27)15-17-9-4-6-11-19(17)23(25)29-2;2*1-18-14-4-10-16(11-5-14)8-3-9-17-12-6-15(19-2)7-13-17;2*1-18-14-8-3-5-10-16(14)12-7-13-17-11-6-4-9-15(17)19-2;1-20-6-8(16)14(10(18)12-6)4-3-5-15-9(17)7(21-2)13-11(15)19;/h3-6,8-11,22-23H,7,12-15H2,1-2H3;4-7,10-15H,3,8-9H2,1-2H3;4-7,10-13H,3,8-9H2,1-2H3;3-6,8-11,14-15H,7,12-13H2,1-2H3;3-6,8-11H,7,12-13H2,1-2H3;6-7H,3-5H2,1-2H3,(H,12,18)(H,13,19);1H4/q;;+2;;+2;;. The summed E-state index contributed by atoms with van der Waals surface area (Å²) in [7, 11) is 0. The zero-order valence-electron chi connectivity index (χ0n) is 74.6. The van der Waals surface area contributed by atoms with Crippen molar-refractivity contribution in [3.63, 3.8) is 0 Å². The van der Waals surface area contributed by atoms with E-state index in [1.165, 1.54) is 60.9 Å². The monoisotopic (exact) mass is 1950 g/mol. The maximum atomic E-state index is 12.8.